The molecule has 1 saturated heterocycles. The number of hydrogen-bond acceptors (Lipinski definition) is 3. The standard InChI is InChI=1S/C20H19ClFN3O2.ClH/c21-13-3-1-2-12(8-13)18-11-23-6-7-25(18)20(27)16-10-19(26)24-17-9-14(22)4-5-15(16)17;/h1-5,8-9,16,18,23H,6-7,10-11H2,(H,24,26);1H. The van der Waals surface area contributed by atoms with Gasteiger partial charge in [0.05, 0.1) is 12.0 Å². The highest BCUT2D eigenvalue weighted by Crippen LogP contribution is 2.36. The number of amides is 2. The van der Waals surface area contributed by atoms with E-state index in [1.807, 2.05) is 18.2 Å². The zero-order valence-corrected chi connectivity index (χ0v) is 16.5. The summed E-state index contributed by atoms with van der Waals surface area (Å²) in [6.45, 7) is 1.82. The van der Waals surface area contributed by atoms with Crippen LogP contribution in [0.5, 0.6) is 0 Å². The van der Waals surface area contributed by atoms with Crippen molar-refractivity contribution in [3.63, 3.8) is 0 Å². The molecule has 0 aromatic heterocycles. The number of halogens is 3. The molecular formula is C20H20Cl2FN3O2. The number of hydrogen-bond donors (Lipinski definition) is 2. The molecular weight excluding hydrogens is 404 g/mol. The Labute approximate surface area is 173 Å². The first-order chi connectivity index (χ1) is 13.0. The first-order valence-corrected chi connectivity index (χ1v) is 9.26. The second-order valence-corrected chi connectivity index (χ2v) is 7.28. The quantitative estimate of drug-likeness (QED) is 0.776. The van der Waals surface area contributed by atoms with Crippen molar-refractivity contribution in [2.75, 3.05) is 25.0 Å². The summed E-state index contributed by atoms with van der Waals surface area (Å²) < 4.78 is 13.6. The number of rotatable bonds is 2. The number of nitrogens with one attached hydrogen (secondary N) is 2. The fraction of sp³-hybridized carbons (Fsp3) is 0.300. The van der Waals surface area contributed by atoms with E-state index in [2.05, 4.69) is 10.6 Å². The minimum atomic E-state index is -0.617. The topological polar surface area (TPSA) is 61.4 Å². The molecule has 0 spiro atoms. The molecule has 5 nitrogen and oxygen atoms in total. The normalized spacial score (nSPS) is 21.4. The van der Waals surface area contributed by atoms with Crippen LogP contribution in [0.1, 0.15) is 29.5 Å². The van der Waals surface area contributed by atoms with Gasteiger partial charge in [0.1, 0.15) is 5.82 Å². The van der Waals surface area contributed by atoms with E-state index in [0.717, 1.165) is 5.56 Å². The van der Waals surface area contributed by atoms with Crippen molar-refractivity contribution < 1.29 is 14.0 Å². The van der Waals surface area contributed by atoms with Gasteiger partial charge in [0.2, 0.25) is 11.8 Å². The fourth-order valence-corrected chi connectivity index (χ4v) is 4.04. The molecule has 0 aliphatic carbocycles. The Hall–Kier alpha value is -2.15. The van der Waals surface area contributed by atoms with E-state index in [4.69, 9.17) is 11.6 Å². The van der Waals surface area contributed by atoms with Crippen LogP contribution in [0.4, 0.5) is 10.1 Å². The Kier molecular flexibility index (Phi) is 6.23. The summed E-state index contributed by atoms with van der Waals surface area (Å²) in [5.41, 5.74) is 1.98. The molecule has 2 amide bonds. The molecule has 2 aliphatic rings. The molecule has 2 aliphatic heterocycles. The molecule has 0 bridgehead atoms. The molecule has 2 atom stereocenters. The number of benzene rings is 2. The summed E-state index contributed by atoms with van der Waals surface area (Å²) >= 11 is 6.13. The van der Waals surface area contributed by atoms with Crippen LogP contribution in [0, 0.1) is 5.82 Å². The van der Waals surface area contributed by atoms with Crippen LogP contribution in [0.15, 0.2) is 42.5 Å². The van der Waals surface area contributed by atoms with Gasteiger partial charge in [-0.3, -0.25) is 9.59 Å². The van der Waals surface area contributed by atoms with Gasteiger partial charge in [-0.15, -0.1) is 12.4 Å². The predicted molar refractivity (Wildman–Crippen MR) is 108 cm³/mol. The fourth-order valence-electron chi connectivity index (χ4n) is 3.84. The van der Waals surface area contributed by atoms with E-state index in [0.29, 0.717) is 35.9 Å². The van der Waals surface area contributed by atoms with Crippen LogP contribution < -0.4 is 10.6 Å². The van der Waals surface area contributed by atoms with Gasteiger partial charge in [-0.25, -0.2) is 4.39 Å². The van der Waals surface area contributed by atoms with Gasteiger partial charge in [0.15, 0.2) is 0 Å². The Morgan fingerprint density at radius 3 is 2.82 bits per heavy atom. The van der Waals surface area contributed by atoms with E-state index in [1.165, 1.54) is 12.1 Å². The van der Waals surface area contributed by atoms with Crippen LogP contribution >= 0.6 is 24.0 Å². The number of anilines is 1. The third-order valence-electron chi connectivity index (χ3n) is 5.11. The van der Waals surface area contributed by atoms with E-state index in [-0.39, 0.29) is 36.7 Å². The van der Waals surface area contributed by atoms with E-state index in [9.17, 15) is 14.0 Å². The van der Waals surface area contributed by atoms with Crippen molar-refractivity contribution in [2.45, 2.75) is 18.4 Å². The third kappa shape index (κ3) is 3.99. The Morgan fingerprint density at radius 2 is 2.04 bits per heavy atom. The van der Waals surface area contributed by atoms with Gasteiger partial charge < -0.3 is 15.5 Å². The lowest BCUT2D eigenvalue weighted by Crippen LogP contribution is -2.50. The highest BCUT2D eigenvalue weighted by atomic mass is 35.5. The Morgan fingerprint density at radius 1 is 1.21 bits per heavy atom. The smallest absolute Gasteiger partial charge is 0.231 e. The molecule has 8 heteroatoms. The molecule has 2 unspecified atom stereocenters. The summed E-state index contributed by atoms with van der Waals surface area (Å²) in [5.74, 6) is -1.46. The zero-order chi connectivity index (χ0) is 19.0. The zero-order valence-electron chi connectivity index (χ0n) is 15.0. The summed E-state index contributed by atoms with van der Waals surface area (Å²) in [6.07, 6.45) is 0.0592. The Balaban J connectivity index is 0.00000225. The van der Waals surface area contributed by atoms with Crippen molar-refractivity contribution in [3.8, 4) is 0 Å². The van der Waals surface area contributed by atoms with Crippen molar-refractivity contribution in [2.24, 2.45) is 0 Å². The average Bonchev–Trinajstić information content (AvgIpc) is 2.66. The first kappa shape index (κ1) is 20.6. The van der Waals surface area contributed by atoms with Gasteiger partial charge in [-0.2, -0.15) is 0 Å². The van der Waals surface area contributed by atoms with E-state index < -0.39 is 11.7 Å². The first-order valence-electron chi connectivity index (χ1n) is 8.89. The SMILES string of the molecule is Cl.O=C1CC(C(=O)N2CCNCC2c2cccc(Cl)c2)c2ccc(F)cc2N1. The van der Waals surface area contributed by atoms with Crippen LogP contribution in [0.2, 0.25) is 5.02 Å². The number of carbonyl (C=O) groups is 2. The molecule has 4 rings (SSSR count). The summed E-state index contributed by atoms with van der Waals surface area (Å²) in [5, 5.41) is 6.58. The number of carbonyl (C=O) groups excluding carboxylic acids is 2. The maximum Gasteiger partial charge on any atom is 0.231 e. The van der Waals surface area contributed by atoms with E-state index in [1.54, 1.807) is 17.0 Å². The molecule has 2 heterocycles. The predicted octanol–water partition coefficient (Wildman–Crippen LogP) is 3.50. The van der Waals surface area contributed by atoms with Crippen LogP contribution in [-0.2, 0) is 9.59 Å². The molecule has 2 N–H and O–H groups in total. The summed E-state index contributed by atoms with van der Waals surface area (Å²) in [4.78, 5) is 27.3. The second kappa shape index (κ2) is 8.47. The molecule has 28 heavy (non-hydrogen) atoms. The maximum atomic E-state index is 13.6. The Bertz CT molecular complexity index is 909. The van der Waals surface area contributed by atoms with Crippen molar-refractivity contribution in [3.05, 3.63) is 64.4 Å². The largest absolute Gasteiger partial charge is 0.333 e. The molecule has 2 aromatic rings. The second-order valence-electron chi connectivity index (χ2n) is 6.84. The van der Waals surface area contributed by atoms with Crippen molar-refractivity contribution >= 4 is 41.5 Å². The van der Waals surface area contributed by atoms with Crippen LogP contribution in [-0.4, -0.2) is 36.3 Å². The van der Waals surface area contributed by atoms with Crippen molar-refractivity contribution in [1.82, 2.24) is 10.2 Å². The lowest BCUT2D eigenvalue weighted by atomic mass is 9.88. The van der Waals surface area contributed by atoms with Gasteiger partial charge in [-0.1, -0.05) is 29.8 Å². The number of nitrogens with zero attached hydrogens (tertiary/aromatic N) is 1. The number of fused-ring (bicyclic) bond motifs is 1. The van der Waals surface area contributed by atoms with Gasteiger partial charge in [0, 0.05) is 36.8 Å². The molecule has 148 valence electrons. The summed E-state index contributed by atoms with van der Waals surface area (Å²) in [6, 6.07) is 11.5. The van der Waals surface area contributed by atoms with Gasteiger partial charge in [-0.05, 0) is 35.4 Å². The highest BCUT2D eigenvalue weighted by Gasteiger charge is 2.37. The maximum absolute atomic E-state index is 13.6. The molecule has 0 radical (unpaired) electrons. The van der Waals surface area contributed by atoms with E-state index >= 15 is 0 Å². The van der Waals surface area contributed by atoms with Crippen molar-refractivity contribution in [1.29, 1.82) is 0 Å². The molecule has 1 fully saturated rings. The monoisotopic (exact) mass is 423 g/mol. The van der Waals surface area contributed by atoms with Crippen LogP contribution in [0.3, 0.4) is 0 Å². The molecule has 0 saturated carbocycles. The number of piperazine rings is 1. The lowest BCUT2D eigenvalue weighted by Gasteiger charge is -2.39. The lowest BCUT2D eigenvalue weighted by molar-refractivity contribution is -0.138. The third-order valence-corrected chi connectivity index (χ3v) is 5.35. The minimum absolute atomic E-state index is 0. The highest BCUT2D eigenvalue weighted by molar-refractivity contribution is 6.30. The van der Waals surface area contributed by atoms with Gasteiger partial charge in [0.25, 0.3) is 0 Å². The molecule has 2 aromatic carbocycles. The minimum Gasteiger partial charge on any atom is -0.333 e. The van der Waals surface area contributed by atoms with Gasteiger partial charge >= 0.3 is 0 Å². The van der Waals surface area contributed by atoms with Crippen LogP contribution in [0.25, 0.3) is 0 Å². The summed E-state index contributed by atoms with van der Waals surface area (Å²) in [7, 11) is 0. The average molecular weight is 424 g/mol.